The molecule has 0 unspecified atom stereocenters. The molecule has 1 aromatic heterocycles. The van der Waals surface area contributed by atoms with Crippen LogP contribution < -0.4 is 11.1 Å². The third-order valence-electron chi connectivity index (χ3n) is 4.27. The van der Waals surface area contributed by atoms with Crippen molar-refractivity contribution in [1.29, 1.82) is 5.26 Å². The van der Waals surface area contributed by atoms with Gasteiger partial charge >= 0.3 is 0 Å². The predicted octanol–water partition coefficient (Wildman–Crippen LogP) is 2.52. The number of nitrogens with zero attached hydrogens (tertiary/aromatic N) is 2. The molecule has 0 fully saturated rings. The number of hydrogen-bond acceptors (Lipinski definition) is 4. The largest absolute Gasteiger partial charge is 0.368 e. The number of pyridine rings is 1. The first-order valence-electron chi connectivity index (χ1n) is 8.28. The number of amides is 2. The fourth-order valence-corrected chi connectivity index (χ4v) is 2.97. The van der Waals surface area contributed by atoms with E-state index < -0.39 is 23.8 Å². The van der Waals surface area contributed by atoms with Crippen LogP contribution >= 0.6 is 0 Å². The lowest BCUT2D eigenvalue weighted by molar-refractivity contribution is -0.120. The quantitative estimate of drug-likeness (QED) is 0.692. The summed E-state index contributed by atoms with van der Waals surface area (Å²) in [4.78, 5) is 29.3. The number of nitriles is 1. The molecular formula is C20H18N4O2. The fourth-order valence-electron chi connectivity index (χ4n) is 2.97. The van der Waals surface area contributed by atoms with Gasteiger partial charge in [0, 0.05) is 16.7 Å². The Balaban J connectivity index is 2.09. The van der Waals surface area contributed by atoms with Crippen molar-refractivity contribution < 1.29 is 9.59 Å². The molecule has 3 rings (SSSR count). The van der Waals surface area contributed by atoms with Gasteiger partial charge in [0.05, 0.1) is 22.7 Å². The Morgan fingerprint density at radius 1 is 1.12 bits per heavy atom. The SMILES string of the molecule is C[C@@H](C#N)C[C@@H](NC(=O)c1c2ccccc2nc2ccccc12)C(N)=O. The molecular weight excluding hydrogens is 328 g/mol. The van der Waals surface area contributed by atoms with Crippen LogP contribution in [-0.4, -0.2) is 22.8 Å². The summed E-state index contributed by atoms with van der Waals surface area (Å²) in [6.45, 7) is 1.68. The Hall–Kier alpha value is -3.46. The van der Waals surface area contributed by atoms with Gasteiger partial charge in [-0.2, -0.15) is 5.26 Å². The van der Waals surface area contributed by atoms with Crippen LogP contribution in [0.2, 0.25) is 0 Å². The lowest BCUT2D eigenvalue weighted by atomic mass is 9.99. The first-order valence-corrected chi connectivity index (χ1v) is 8.28. The Kier molecular flexibility index (Phi) is 4.81. The number of nitrogens with one attached hydrogen (secondary N) is 1. The van der Waals surface area contributed by atoms with Gasteiger partial charge in [0.1, 0.15) is 6.04 Å². The minimum atomic E-state index is -0.914. The molecule has 2 aromatic carbocycles. The fraction of sp³-hybridized carbons (Fsp3) is 0.200. The van der Waals surface area contributed by atoms with Gasteiger partial charge in [-0.05, 0) is 25.5 Å². The third-order valence-corrected chi connectivity index (χ3v) is 4.27. The monoisotopic (exact) mass is 346 g/mol. The number of aromatic nitrogens is 1. The van der Waals surface area contributed by atoms with Crippen molar-refractivity contribution in [2.75, 3.05) is 0 Å². The van der Waals surface area contributed by atoms with E-state index in [9.17, 15) is 9.59 Å². The van der Waals surface area contributed by atoms with Gasteiger partial charge in [-0.25, -0.2) is 4.98 Å². The Bertz CT molecular complexity index is 985. The molecule has 0 aliphatic heterocycles. The number of carbonyl (C=O) groups excluding carboxylic acids is 2. The van der Waals surface area contributed by atoms with Crippen LogP contribution in [-0.2, 0) is 4.79 Å². The van der Waals surface area contributed by atoms with Crippen molar-refractivity contribution in [3.63, 3.8) is 0 Å². The van der Waals surface area contributed by atoms with Crippen LogP contribution in [0.25, 0.3) is 21.8 Å². The van der Waals surface area contributed by atoms with E-state index in [4.69, 9.17) is 11.0 Å². The molecule has 1 heterocycles. The van der Waals surface area contributed by atoms with Crippen LogP contribution in [0.3, 0.4) is 0 Å². The maximum atomic E-state index is 13.0. The highest BCUT2D eigenvalue weighted by molar-refractivity contribution is 6.16. The molecule has 2 amide bonds. The zero-order chi connectivity index (χ0) is 18.7. The number of nitrogens with two attached hydrogens (primary N) is 1. The standard InChI is InChI=1S/C20H18N4O2/c1-12(11-21)10-17(19(22)25)24-20(26)18-13-6-2-4-8-15(13)23-16-9-5-3-7-14(16)18/h2-9,12,17H,10H2,1H3,(H2,22,25)(H,24,26)/t12-,17-/m1/s1. The lowest BCUT2D eigenvalue weighted by Gasteiger charge is -2.18. The summed E-state index contributed by atoms with van der Waals surface area (Å²) in [5.74, 6) is -1.48. The van der Waals surface area contributed by atoms with E-state index in [-0.39, 0.29) is 6.42 Å². The maximum absolute atomic E-state index is 13.0. The second-order valence-electron chi connectivity index (χ2n) is 6.22. The van der Waals surface area contributed by atoms with Crippen LogP contribution in [0.15, 0.2) is 48.5 Å². The zero-order valence-corrected chi connectivity index (χ0v) is 14.3. The smallest absolute Gasteiger partial charge is 0.253 e. The molecule has 3 aromatic rings. The van der Waals surface area contributed by atoms with Gasteiger partial charge < -0.3 is 11.1 Å². The van der Waals surface area contributed by atoms with E-state index in [0.717, 1.165) is 0 Å². The number of para-hydroxylation sites is 2. The molecule has 0 saturated carbocycles. The van der Waals surface area contributed by atoms with E-state index in [1.165, 1.54) is 0 Å². The molecule has 130 valence electrons. The summed E-state index contributed by atoms with van der Waals surface area (Å²) in [6, 6.07) is 15.8. The Morgan fingerprint density at radius 2 is 1.65 bits per heavy atom. The number of hydrogen-bond donors (Lipinski definition) is 2. The van der Waals surface area contributed by atoms with E-state index in [2.05, 4.69) is 16.4 Å². The second-order valence-corrected chi connectivity index (χ2v) is 6.22. The number of fused-ring (bicyclic) bond motifs is 2. The van der Waals surface area contributed by atoms with E-state index in [1.54, 1.807) is 6.92 Å². The van der Waals surface area contributed by atoms with Crippen LogP contribution in [0, 0.1) is 17.2 Å². The summed E-state index contributed by atoms with van der Waals surface area (Å²) < 4.78 is 0. The van der Waals surface area contributed by atoms with Gasteiger partial charge in [0.25, 0.3) is 5.91 Å². The van der Waals surface area contributed by atoms with Gasteiger partial charge in [-0.3, -0.25) is 9.59 Å². The summed E-state index contributed by atoms with van der Waals surface area (Å²) in [7, 11) is 0. The number of carbonyl (C=O) groups is 2. The van der Waals surface area contributed by atoms with Crippen molar-refractivity contribution in [2.24, 2.45) is 11.7 Å². The van der Waals surface area contributed by atoms with Crippen molar-refractivity contribution in [2.45, 2.75) is 19.4 Å². The van der Waals surface area contributed by atoms with Crippen molar-refractivity contribution in [3.05, 3.63) is 54.1 Å². The minimum Gasteiger partial charge on any atom is -0.368 e. The van der Waals surface area contributed by atoms with Crippen LogP contribution in [0.5, 0.6) is 0 Å². The maximum Gasteiger partial charge on any atom is 0.253 e. The summed E-state index contributed by atoms with van der Waals surface area (Å²) in [6.07, 6.45) is 0.165. The highest BCUT2D eigenvalue weighted by atomic mass is 16.2. The summed E-state index contributed by atoms with van der Waals surface area (Å²) in [5.41, 5.74) is 7.25. The number of rotatable bonds is 5. The average molecular weight is 346 g/mol. The van der Waals surface area contributed by atoms with Gasteiger partial charge in [-0.1, -0.05) is 36.4 Å². The molecule has 3 N–H and O–H groups in total. The number of primary amides is 1. The molecule has 0 bridgehead atoms. The van der Waals surface area contributed by atoms with Crippen LogP contribution in [0.4, 0.5) is 0 Å². The van der Waals surface area contributed by atoms with E-state index in [0.29, 0.717) is 27.4 Å². The number of benzene rings is 2. The molecule has 0 radical (unpaired) electrons. The molecule has 6 heteroatoms. The van der Waals surface area contributed by atoms with Gasteiger partial charge in [-0.15, -0.1) is 0 Å². The van der Waals surface area contributed by atoms with E-state index >= 15 is 0 Å². The third kappa shape index (κ3) is 3.33. The summed E-state index contributed by atoms with van der Waals surface area (Å²) in [5, 5.41) is 13.1. The zero-order valence-electron chi connectivity index (χ0n) is 14.3. The molecule has 6 nitrogen and oxygen atoms in total. The second kappa shape index (κ2) is 7.19. The van der Waals surface area contributed by atoms with Crippen LogP contribution in [0.1, 0.15) is 23.7 Å². The predicted molar refractivity (Wildman–Crippen MR) is 99.1 cm³/mol. The van der Waals surface area contributed by atoms with Gasteiger partial charge in [0.15, 0.2) is 0 Å². The molecule has 0 aliphatic rings. The molecule has 0 saturated heterocycles. The highest BCUT2D eigenvalue weighted by Gasteiger charge is 2.24. The van der Waals surface area contributed by atoms with Gasteiger partial charge in [0.2, 0.25) is 5.91 Å². The minimum absolute atomic E-state index is 0.165. The highest BCUT2D eigenvalue weighted by Crippen LogP contribution is 2.26. The topological polar surface area (TPSA) is 109 Å². The molecule has 26 heavy (non-hydrogen) atoms. The Labute approximate surface area is 150 Å². The van der Waals surface area contributed by atoms with Crippen molar-refractivity contribution in [1.82, 2.24) is 10.3 Å². The van der Waals surface area contributed by atoms with E-state index in [1.807, 2.05) is 48.5 Å². The first-order chi connectivity index (χ1) is 12.5. The molecule has 0 spiro atoms. The normalized spacial score (nSPS) is 13.1. The van der Waals surface area contributed by atoms with Crippen molar-refractivity contribution >= 4 is 33.6 Å². The average Bonchev–Trinajstić information content (AvgIpc) is 2.65. The lowest BCUT2D eigenvalue weighted by Crippen LogP contribution is -2.45. The summed E-state index contributed by atoms with van der Waals surface area (Å²) >= 11 is 0. The Morgan fingerprint density at radius 3 is 2.15 bits per heavy atom. The van der Waals surface area contributed by atoms with Crippen molar-refractivity contribution in [3.8, 4) is 6.07 Å². The molecule has 0 aliphatic carbocycles. The molecule has 2 atom stereocenters. The first kappa shape index (κ1) is 17.4.